The van der Waals surface area contributed by atoms with Gasteiger partial charge in [-0.1, -0.05) is 6.92 Å². The lowest BCUT2D eigenvalue weighted by Crippen LogP contribution is -2.60. The van der Waals surface area contributed by atoms with Gasteiger partial charge >= 0.3 is 0 Å². The molecule has 20 heteroatoms. The molecule has 21 unspecified atom stereocenters. The molecule has 5 aliphatic rings. The Kier molecular flexibility index (Phi) is 16.0. The summed E-state index contributed by atoms with van der Waals surface area (Å²) in [6.07, 6.45) is -23.0. The zero-order valence-electron chi connectivity index (χ0n) is 29.8. The first-order valence-corrected chi connectivity index (χ1v) is 18.3. The van der Waals surface area contributed by atoms with Gasteiger partial charge in [0.15, 0.2) is 25.2 Å². The molecule has 0 radical (unpaired) electrons. The van der Waals surface area contributed by atoms with Gasteiger partial charge in [0.05, 0.1) is 75.3 Å². The highest BCUT2D eigenvalue weighted by atomic mass is 16.7. The lowest BCUT2D eigenvalue weighted by molar-refractivity contribution is -0.331. The zero-order valence-corrected chi connectivity index (χ0v) is 29.8. The maximum atomic E-state index is 11.5. The van der Waals surface area contributed by atoms with Crippen LogP contribution in [0.1, 0.15) is 45.4 Å². The van der Waals surface area contributed by atoms with Crippen LogP contribution in [0.15, 0.2) is 0 Å². The van der Waals surface area contributed by atoms with E-state index in [0.717, 1.165) is 0 Å². The third kappa shape index (κ3) is 10.6. The van der Waals surface area contributed by atoms with E-state index in [9.17, 15) is 56.2 Å². The van der Waals surface area contributed by atoms with Gasteiger partial charge in [0, 0.05) is 38.7 Å². The first-order valence-electron chi connectivity index (χ1n) is 18.3. The molecule has 20 nitrogen and oxygen atoms in total. The van der Waals surface area contributed by atoms with Gasteiger partial charge in [0.2, 0.25) is 0 Å². The van der Waals surface area contributed by atoms with Crippen molar-refractivity contribution in [2.75, 3.05) is 33.5 Å². The van der Waals surface area contributed by atoms with Gasteiger partial charge in [-0.2, -0.15) is 0 Å². The first-order chi connectivity index (χ1) is 25.2. The minimum Gasteiger partial charge on any atom is -0.394 e. The summed E-state index contributed by atoms with van der Waals surface area (Å²) in [6.45, 7) is 0.233. The Bertz CT molecular complexity index is 1090. The number of hydrogen-bond acceptors (Lipinski definition) is 20. The molecule has 0 amide bonds. The van der Waals surface area contributed by atoms with Crippen molar-refractivity contribution in [3.05, 3.63) is 0 Å². The van der Waals surface area contributed by atoms with Crippen LogP contribution in [0.4, 0.5) is 0 Å². The average Bonchev–Trinajstić information content (AvgIpc) is 3.11. The van der Waals surface area contributed by atoms with Crippen molar-refractivity contribution >= 4 is 0 Å². The molecule has 5 heterocycles. The number of aliphatic hydroxyl groups is 11. The predicted molar refractivity (Wildman–Crippen MR) is 172 cm³/mol. The van der Waals surface area contributed by atoms with Crippen LogP contribution in [0.2, 0.25) is 0 Å². The maximum absolute atomic E-state index is 11.5. The van der Waals surface area contributed by atoms with Crippen LogP contribution in [0, 0.1) is 5.92 Å². The Morgan fingerprint density at radius 3 is 1.42 bits per heavy atom. The van der Waals surface area contributed by atoms with Crippen LogP contribution in [-0.4, -0.2) is 213 Å². The molecule has 0 aromatic rings. The molecule has 0 spiro atoms. The van der Waals surface area contributed by atoms with E-state index in [2.05, 4.69) is 0 Å². The maximum Gasteiger partial charge on any atom is 0.184 e. The molecule has 0 aromatic carbocycles. The van der Waals surface area contributed by atoms with E-state index in [1.807, 2.05) is 6.92 Å². The summed E-state index contributed by atoms with van der Waals surface area (Å²) in [4.78, 5) is 0. The van der Waals surface area contributed by atoms with Gasteiger partial charge in [-0.05, 0) is 12.8 Å². The molecule has 53 heavy (non-hydrogen) atoms. The van der Waals surface area contributed by atoms with Crippen LogP contribution in [0.5, 0.6) is 0 Å². The van der Waals surface area contributed by atoms with Crippen molar-refractivity contribution in [3.8, 4) is 0 Å². The molecule has 5 saturated heterocycles. The summed E-state index contributed by atoms with van der Waals surface area (Å²) < 4.78 is 51.3. The summed E-state index contributed by atoms with van der Waals surface area (Å²) in [5.41, 5.74) is 0. The van der Waals surface area contributed by atoms with Crippen LogP contribution >= 0.6 is 0 Å². The SMILES string of the molecule is CCC1OC(OCC2OC(OCC3OC(OCC4OC(OC)C(O)CC4O)C(O)C(CC4OC(CO)C(O)CC4O)C3O)C(O)CC2O)C(O)CC1O. The molecule has 5 aliphatic heterocycles. The minimum atomic E-state index is -1.54. The highest BCUT2D eigenvalue weighted by Crippen LogP contribution is 2.36. The Balaban J connectivity index is 1.24. The molecule has 0 bridgehead atoms. The molecule has 0 aromatic heterocycles. The number of hydrogen-bond donors (Lipinski definition) is 11. The van der Waals surface area contributed by atoms with Gasteiger partial charge in [-0.25, -0.2) is 0 Å². The molecular weight excluding hydrogens is 716 g/mol. The molecule has 0 saturated carbocycles. The predicted octanol–water partition coefficient (Wildman–Crippen LogP) is -5.07. The normalized spacial score (nSPS) is 49.9. The quantitative estimate of drug-likeness (QED) is 0.0787. The standard InChI is InChI=1S/C33H58O20/c1-3-22-14(35)6-20(41)31(50-22)46-10-26-18(39)8-21(42)32(52-26)47-12-27-28(43)13(4-23-15(36)5-16(37)24(9-34)49-23)29(44)33(53-27)48-11-25-17(38)7-19(40)30(45-2)51-25/h13-44H,3-12H2,1-2H3. The van der Waals surface area contributed by atoms with E-state index in [4.69, 9.17) is 42.6 Å². The number of aliphatic hydroxyl groups excluding tert-OH is 11. The van der Waals surface area contributed by atoms with Gasteiger partial charge < -0.3 is 98.8 Å². The van der Waals surface area contributed by atoms with Gasteiger partial charge in [-0.3, -0.25) is 0 Å². The second kappa shape index (κ2) is 19.6. The highest BCUT2D eigenvalue weighted by Gasteiger charge is 2.50. The van der Waals surface area contributed by atoms with E-state index in [-0.39, 0.29) is 45.3 Å². The largest absolute Gasteiger partial charge is 0.394 e. The van der Waals surface area contributed by atoms with Crippen molar-refractivity contribution in [1.82, 2.24) is 0 Å². The van der Waals surface area contributed by atoms with Crippen LogP contribution in [0.25, 0.3) is 0 Å². The fraction of sp³-hybridized carbons (Fsp3) is 1.00. The van der Waals surface area contributed by atoms with Crippen LogP contribution < -0.4 is 0 Å². The van der Waals surface area contributed by atoms with Crippen molar-refractivity contribution in [3.63, 3.8) is 0 Å². The molecule has 11 N–H and O–H groups in total. The first kappa shape index (κ1) is 43.3. The second-order valence-corrected chi connectivity index (χ2v) is 14.6. The fourth-order valence-electron chi connectivity index (χ4n) is 7.51. The molecule has 21 atom stereocenters. The van der Waals surface area contributed by atoms with Gasteiger partial charge in [0.25, 0.3) is 0 Å². The average molecular weight is 775 g/mol. The van der Waals surface area contributed by atoms with Crippen molar-refractivity contribution < 1.29 is 98.8 Å². The van der Waals surface area contributed by atoms with Gasteiger partial charge in [0.1, 0.15) is 48.8 Å². The Hall–Kier alpha value is -0.800. The topological polar surface area (TPSA) is 306 Å². The van der Waals surface area contributed by atoms with E-state index in [0.29, 0.717) is 6.42 Å². The smallest absolute Gasteiger partial charge is 0.184 e. The summed E-state index contributed by atoms with van der Waals surface area (Å²) in [5.74, 6) is -1.10. The second-order valence-electron chi connectivity index (χ2n) is 14.6. The molecule has 0 aliphatic carbocycles. The van der Waals surface area contributed by atoms with E-state index in [1.54, 1.807) is 0 Å². The van der Waals surface area contributed by atoms with E-state index in [1.165, 1.54) is 7.11 Å². The Morgan fingerprint density at radius 1 is 0.453 bits per heavy atom. The number of ether oxygens (including phenoxy) is 9. The summed E-state index contributed by atoms with van der Waals surface area (Å²) in [5, 5.41) is 116. The summed E-state index contributed by atoms with van der Waals surface area (Å²) in [6, 6.07) is 0. The Morgan fingerprint density at radius 2 is 0.868 bits per heavy atom. The Labute approximate surface area is 306 Å². The monoisotopic (exact) mass is 774 g/mol. The van der Waals surface area contributed by atoms with Crippen molar-refractivity contribution in [1.29, 1.82) is 0 Å². The summed E-state index contributed by atoms with van der Waals surface area (Å²) in [7, 11) is 1.32. The lowest BCUT2D eigenvalue weighted by atomic mass is 9.82. The number of methoxy groups -OCH3 is 1. The van der Waals surface area contributed by atoms with Gasteiger partial charge in [-0.15, -0.1) is 0 Å². The molecular formula is C33H58O20. The summed E-state index contributed by atoms with van der Waals surface area (Å²) >= 11 is 0. The highest BCUT2D eigenvalue weighted by molar-refractivity contribution is 4.95. The molecule has 5 rings (SSSR count). The van der Waals surface area contributed by atoms with Crippen LogP contribution in [0.3, 0.4) is 0 Å². The van der Waals surface area contributed by atoms with Crippen LogP contribution in [-0.2, 0) is 42.6 Å². The van der Waals surface area contributed by atoms with E-state index < -0.39 is 142 Å². The van der Waals surface area contributed by atoms with Crippen molar-refractivity contribution in [2.45, 2.75) is 168 Å². The number of rotatable bonds is 14. The minimum absolute atomic E-state index is 0.0344. The molecule has 310 valence electrons. The fourth-order valence-corrected chi connectivity index (χ4v) is 7.51. The third-order valence-corrected chi connectivity index (χ3v) is 10.7. The zero-order chi connectivity index (χ0) is 38.6. The van der Waals surface area contributed by atoms with E-state index >= 15 is 0 Å². The lowest BCUT2D eigenvalue weighted by Gasteiger charge is -2.46. The van der Waals surface area contributed by atoms with Crippen molar-refractivity contribution in [2.24, 2.45) is 5.92 Å². The third-order valence-electron chi connectivity index (χ3n) is 10.7. The molecule has 5 fully saturated rings.